The van der Waals surface area contributed by atoms with Crippen molar-refractivity contribution in [3.8, 4) is 0 Å². The van der Waals surface area contributed by atoms with Gasteiger partial charge in [0.25, 0.3) is 0 Å². The Labute approximate surface area is 120 Å². The van der Waals surface area contributed by atoms with E-state index in [9.17, 15) is 65.9 Å². The molecule has 0 bridgehead atoms. The van der Waals surface area contributed by atoms with Gasteiger partial charge in [-0.25, -0.2) is 4.39 Å². The molecule has 0 aliphatic rings. The number of hydrogen-bond donors (Lipinski definition) is 0. The van der Waals surface area contributed by atoms with Crippen molar-refractivity contribution < 1.29 is 65.9 Å². The number of halogens is 16. The summed E-state index contributed by atoms with van der Waals surface area (Å²) >= 11 is 3.38. The monoisotopic (exact) mass is 404 g/mol. The van der Waals surface area contributed by atoms with E-state index in [0.29, 0.717) is 0 Å². The van der Waals surface area contributed by atoms with Gasteiger partial charge in [0.2, 0.25) is 0 Å². The van der Waals surface area contributed by atoms with Crippen LogP contribution < -0.4 is 0 Å². The molecular weight excluding hydrogens is 404 g/mol. The molecule has 0 amide bonds. The van der Waals surface area contributed by atoms with E-state index in [1.54, 1.807) is 0 Å². The summed E-state index contributed by atoms with van der Waals surface area (Å²) in [6.07, 6.45) is -15.0. The summed E-state index contributed by atoms with van der Waals surface area (Å²) in [7, 11) is 0. The topological polar surface area (TPSA) is 0 Å². The molecule has 0 nitrogen and oxygen atoms in total. The molecule has 0 saturated carbocycles. The molecule has 0 spiro atoms. The molecule has 0 aromatic heterocycles. The number of hydrogen-bond acceptors (Lipinski definition) is 0. The van der Waals surface area contributed by atoms with E-state index in [1.165, 1.54) is 0 Å². The van der Waals surface area contributed by atoms with E-state index in [0.717, 1.165) is 0 Å². The molecule has 1 atom stereocenters. The Bertz CT molecular complexity index is 400. The normalized spacial score (nSPS) is 18.8. The second-order valence-electron chi connectivity index (χ2n) is 3.87. The maximum absolute atomic E-state index is 12.9. The van der Waals surface area contributed by atoms with Crippen LogP contribution in [0.15, 0.2) is 0 Å². The molecule has 0 radical (unpaired) electrons. The highest BCUT2D eigenvalue weighted by atomic mass is 35.5. The van der Waals surface area contributed by atoms with Crippen LogP contribution in [0.4, 0.5) is 65.9 Å². The van der Waals surface area contributed by atoms with Crippen molar-refractivity contribution in [2.24, 2.45) is 0 Å². The lowest BCUT2D eigenvalue weighted by atomic mass is 9.95. The summed E-state index contributed by atoms with van der Waals surface area (Å²) in [4.78, 5) is 0. The summed E-state index contributed by atoms with van der Waals surface area (Å²) in [6.45, 7) is 0. The molecule has 0 aliphatic heterocycles. The Morgan fingerprint density at radius 3 is 0.826 bits per heavy atom. The van der Waals surface area contributed by atoms with Crippen molar-refractivity contribution in [1.82, 2.24) is 0 Å². The van der Waals surface area contributed by atoms with Crippen LogP contribution in [0.25, 0.3) is 0 Å². The molecule has 0 rings (SSSR count). The van der Waals surface area contributed by atoms with Gasteiger partial charge in [-0.2, -0.15) is 61.5 Å². The van der Waals surface area contributed by atoms with Gasteiger partial charge in [0.05, 0.1) is 0 Å². The zero-order chi connectivity index (χ0) is 19.5. The van der Waals surface area contributed by atoms with E-state index < -0.39 is 41.2 Å². The van der Waals surface area contributed by atoms with Gasteiger partial charge >= 0.3 is 41.2 Å². The zero-order valence-corrected chi connectivity index (χ0v) is 10.3. The van der Waals surface area contributed by atoms with Crippen molar-refractivity contribution in [3.05, 3.63) is 0 Å². The molecule has 0 heterocycles. The summed E-state index contributed by atoms with van der Waals surface area (Å²) < 4.78 is 183. The summed E-state index contributed by atoms with van der Waals surface area (Å²) in [5.41, 5.74) is 0. The maximum atomic E-state index is 12.9. The summed E-state index contributed by atoms with van der Waals surface area (Å²) in [6, 6.07) is 0. The van der Waals surface area contributed by atoms with Gasteiger partial charge in [-0.15, -0.1) is 0 Å². The van der Waals surface area contributed by atoms with Crippen LogP contribution in [-0.4, -0.2) is 41.2 Å². The predicted octanol–water partition coefficient (Wildman–Crippen LogP) is 5.56. The van der Waals surface area contributed by atoms with E-state index in [2.05, 4.69) is 11.6 Å². The van der Waals surface area contributed by atoms with Crippen molar-refractivity contribution in [2.45, 2.75) is 41.2 Å². The molecule has 0 saturated heterocycles. The summed E-state index contributed by atoms with van der Waals surface area (Å²) in [5, 5.41) is -7.36. The summed E-state index contributed by atoms with van der Waals surface area (Å²) in [5.74, 6) is -31.6. The minimum Gasteiger partial charge on any atom is -0.212 e. The maximum Gasteiger partial charge on any atom is 0.460 e. The van der Waals surface area contributed by atoms with E-state index in [4.69, 9.17) is 0 Å². The van der Waals surface area contributed by atoms with Gasteiger partial charge < -0.3 is 0 Å². The van der Waals surface area contributed by atoms with E-state index in [-0.39, 0.29) is 0 Å². The quantitative estimate of drug-likeness (QED) is 0.425. The smallest absolute Gasteiger partial charge is 0.212 e. The first-order valence-electron chi connectivity index (χ1n) is 4.52. The zero-order valence-electron chi connectivity index (χ0n) is 9.55. The van der Waals surface area contributed by atoms with Crippen LogP contribution in [-0.2, 0) is 0 Å². The molecule has 140 valence electrons. The Kier molecular flexibility index (Phi) is 4.95. The van der Waals surface area contributed by atoms with Crippen LogP contribution in [0.2, 0.25) is 0 Å². The second-order valence-corrected chi connectivity index (χ2v) is 4.39. The van der Waals surface area contributed by atoms with Crippen molar-refractivity contribution >= 4 is 11.6 Å². The standard InChI is InChI=1S/C7ClF15/c8-1(9,3(12,13)6(18,19)20)2(10,11)4(14,15)5(16,17)7(21,22)23. The molecule has 0 fully saturated rings. The fourth-order valence-electron chi connectivity index (χ4n) is 0.948. The fraction of sp³-hybridized carbons (Fsp3) is 1.00. The highest BCUT2D eigenvalue weighted by Gasteiger charge is 2.92. The van der Waals surface area contributed by atoms with E-state index >= 15 is 0 Å². The lowest BCUT2D eigenvalue weighted by Gasteiger charge is -2.40. The molecule has 0 aliphatic carbocycles. The average Bonchev–Trinajstić information content (AvgIpc) is 2.24. The van der Waals surface area contributed by atoms with Crippen molar-refractivity contribution in [3.63, 3.8) is 0 Å². The highest BCUT2D eigenvalue weighted by molar-refractivity contribution is 6.24. The minimum atomic E-state index is -8.09. The third-order valence-corrected chi connectivity index (χ3v) is 2.76. The largest absolute Gasteiger partial charge is 0.460 e. The van der Waals surface area contributed by atoms with Crippen LogP contribution in [0.1, 0.15) is 0 Å². The van der Waals surface area contributed by atoms with Gasteiger partial charge in [-0.1, -0.05) is 11.6 Å². The van der Waals surface area contributed by atoms with Crippen molar-refractivity contribution in [2.75, 3.05) is 0 Å². The predicted molar refractivity (Wildman–Crippen MR) is 41.6 cm³/mol. The van der Waals surface area contributed by atoms with Gasteiger partial charge in [-0.05, 0) is 0 Å². The second kappa shape index (κ2) is 5.12. The van der Waals surface area contributed by atoms with Gasteiger partial charge in [-0.3, -0.25) is 0 Å². The van der Waals surface area contributed by atoms with Gasteiger partial charge in [0.15, 0.2) is 0 Å². The first-order valence-corrected chi connectivity index (χ1v) is 4.90. The molecule has 0 N–H and O–H groups in total. The third kappa shape index (κ3) is 2.77. The lowest BCUT2D eigenvalue weighted by molar-refractivity contribution is -0.427. The Morgan fingerprint density at radius 1 is 0.348 bits per heavy atom. The molecule has 0 aromatic carbocycles. The Morgan fingerprint density at radius 2 is 0.609 bits per heavy atom. The lowest BCUT2D eigenvalue weighted by Crippen LogP contribution is -2.71. The Balaban J connectivity index is 6.37. The van der Waals surface area contributed by atoms with Crippen LogP contribution >= 0.6 is 11.6 Å². The molecule has 23 heavy (non-hydrogen) atoms. The molecule has 16 heteroatoms. The minimum absolute atomic E-state index is 3.38. The fourth-order valence-corrected chi connectivity index (χ4v) is 1.17. The van der Waals surface area contributed by atoms with Crippen LogP contribution in [0, 0.1) is 0 Å². The molecule has 1 unspecified atom stereocenters. The first kappa shape index (κ1) is 22.2. The third-order valence-electron chi connectivity index (χ3n) is 2.29. The highest BCUT2D eigenvalue weighted by Crippen LogP contribution is 2.63. The molecule has 0 aromatic rings. The van der Waals surface area contributed by atoms with Crippen LogP contribution in [0.3, 0.4) is 0 Å². The Hall–Kier alpha value is -0.760. The first-order chi connectivity index (χ1) is 9.50. The SMILES string of the molecule is FC(F)(F)C(F)(F)C(F)(F)C(F)(F)C(F)(Cl)C(F)(F)C(F)(F)F. The van der Waals surface area contributed by atoms with E-state index in [1.807, 2.05) is 0 Å². The van der Waals surface area contributed by atoms with Gasteiger partial charge in [0, 0.05) is 0 Å². The molecular formula is C7ClF15. The number of rotatable bonds is 4. The number of alkyl halides is 16. The average molecular weight is 404 g/mol. The van der Waals surface area contributed by atoms with Crippen molar-refractivity contribution in [1.29, 1.82) is 0 Å². The van der Waals surface area contributed by atoms with Crippen LogP contribution in [0.5, 0.6) is 0 Å². The van der Waals surface area contributed by atoms with Gasteiger partial charge in [0.1, 0.15) is 0 Å².